The molecule has 0 N–H and O–H groups in total. The molecule has 1 aliphatic heterocycles. The first kappa shape index (κ1) is 21.9. The van der Waals surface area contributed by atoms with E-state index >= 15 is 0 Å². The number of nitro benzene ring substituents is 1. The highest BCUT2D eigenvalue weighted by Crippen LogP contribution is 2.36. The standard InChI is InChI=1S/C21H20ClN3O4S/c1-15(26)23-9-11-24(12-10-23)21(27)8-6-16-5-7-20(19(13-16)25(28)29)30-18-4-2-3-17(22)14-18/h2-8,13-14H,9-12H2,1H3. The lowest BCUT2D eigenvalue weighted by Gasteiger charge is -2.33. The largest absolute Gasteiger partial charge is 0.339 e. The molecule has 0 bridgehead atoms. The van der Waals surface area contributed by atoms with Crippen molar-refractivity contribution in [2.24, 2.45) is 0 Å². The number of carbonyl (C=O) groups excluding carboxylic acids is 2. The van der Waals surface area contributed by atoms with Crippen LogP contribution in [-0.2, 0) is 9.59 Å². The molecule has 0 aliphatic carbocycles. The second kappa shape index (κ2) is 9.77. The Bertz CT molecular complexity index is 1000. The molecule has 2 amide bonds. The summed E-state index contributed by atoms with van der Waals surface area (Å²) in [4.78, 5) is 39.5. The van der Waals surface area contributed by atoms with Crippen molar-refractivity contribution in [2.75, 3.05) is 26.2 Å². The summed E-state index contributed by atoms with van der Waals surface area (Å²) in [7, 11) is 0. The summed E-state index contributed by atoms with van der Waals surface area (Å²) in [6, 6.07) is 12.0. The van der Waals surface area contributed by atoms with E-state index in [1.165, 1.54) is 30.8 Å². The van der Waals surface area contributed by atoms with E-state index in [0.29, 0.717) is 41.7 Å². The quantitative estimate of drug-likeness (QED) is 0.393. The van der Waals surface area contributed by atoms with E-state index in [4.69, 9.17) is 11.6 Å². The molecule has 156 valence electrons. The Morgan fingerprint density at radius 1 is 1.10 bits per heavy atom. The van der Waals surface area contributed by atoms with E-state index in [1.54, 1.807) is 46.2 Å². The van der Waals surface area contributed by atoms with Crippen LogP contribution in [-0.4, -0.2) is 52.7 Å². The number of hydrogen-bond acceptors (Lipinski definition) is 5. The normalized spacial score (nSPS) is 14.2. The molecular formula is C21H20ClN3O4S. The summed E-state index contributed by atoms with van der Waals surface area (Å²) >= 11 is 7.24. The van der Waals surface area contributed by atoms with Gasteiger partial charge in [0.05, 0.1) is 9.82 Å². The van der Waals surface area contributed by atoms with Gasteiger partial charge in [0.2, 0.25) is 11.8 Å². The first-order chi connectivity index (χ1) is 14.3. The molecule has 1 fully saturated rings. The van der Waals surface area contributed by atoms with E-state index in [0.717, 1.165) is 4.90 Å². The monoisotopic (exact) mass is 445 g/mol. The van der Waals surface area contributed by atoms with Gasteiger partial charge in [0.15, 0.2) is 0 Å². The van der Waals surface area contributed by atoms with E-state index in [1.807, 2.05) is 6.07 Å². The SMILES string of the molecule is CC(=O)N1CCN(C(=O)C=Cc2ccc(Sc3cccc(Cl)c3)c([N+](=O)[O-])c2)CC1. The van der Waals surface area contributed by atoms with Gasteiger partial charge in [-0.05, 0) is 35.9 Å². The fourth-order valence-electron chi connectivity index (χ4n) is 3.04. The molecule has 7 nitrogen and oxygen atoms in total. The van der Waals surface area contributed by atoms with Crippen molar-refractivity contribution in [2.45, 2.75) is 16.7 Å². The molecule has 0 aromatic heterocycles. The zero-order valence-electron chi connectivity index (χ0n) is 16.3. The molecule has 3 rings (SSSR count). The van der Waals surface area contributed by atoms with E-state index in [-0.39, 0.29) is 17.5 Å². The summed E-state index contributed by atoms with van der Waals surface area (Å²) < 4.78 is 0. The Kier molecular flexibility index (Phi) is 7.12. The van der Waals surface area contributed by atoms with Crippen LogP contribution < -0.4 is 0 Å². The van der Waals surface area contributed by atoms with Gasteiger partial charge in [-0.2, -0.15) is 0 Å². The Morgan fingerprint density at radius 2 is 1.80 bits per heavy atom. The van der Waals surface area contributed by atoms with Crippen LogP contribution in [0.1, 0.15) is 12.5 Å². The van der Waals surface area contributed by atoms with Gasteiger partial charge in [0.1, 0.15) is 0 Å². The van der Waals surface area contributed by atoms with Crippen LogP contribution in [0.25, 0.3) is 6.08 Å². The molecule has 0 atom stereocenters. The summed E-state index contributed by atoms with van der Waals surface area (Å²) in [6.07, 6.45) is 2.98. The molecule has 0 saturated carbocycles. The average Bonchev–Trinajstić information content (AvgIpc) is 2.72. The maximum absolute atomic E-state index is 12.4. The second-order valence-electron chi connectivity index (χ2n) is 6.71. The third kappa shape index (κ3) is 5.61. The molecule has 0 radical (unpaired) electrons. The number of carbonyl (C=O) groups is 2. The van der Waals surface area contributed by atoms with Crippen LogP contribution in [0.4, 0.5) is 5.69 Å². The van der Waals surface area contributed by atoms with Crippen molar-refractivity contribution in [3.05, 3.63) is 69.2 Å². The van der Waals surface area contributed by atoms with Crippen LogP contribution in [0, 0.1) is 10.1 Å². The van der Waals surface area contributed by atoms with Crippen LogP contribution in [0.5, 0.6) is 0 Å². The Hall–Kier alpha value is -2.84. The molecular weight excluding hydrogens is 426 g/mol. The number of piperazine rings is 1. The lowest BCUT2D eigenvalue weighted by molar-refractivity contribution is -0.387. The average molecular weight is 446 g/mol. The first-order valence-electron chi connectivity index (χ1n) is 9.28. The second-order valence-corrected chi connectivity index (χ2v) is 8.26. The lowest BCUT2D eigenvalue weighted by atomic mass is 10.2. The van der Waals surface area contributed by atoms with Crippen molar-refractivity contribution < 1.29 is 14.5 Å². The molecule has 1 aliphatic rings. The van der Waals surface area contributed by atoms with Gasteiger partial charge >= 0.3 is 0 Å². The Morgan fingerprint density at radius 3 is 2.43 bits per heavy atom. The van der Waals surface area contributed by atoms with Gasteiger partial charge in [0, 0.05) is 55.2 Å². The minimum Gasteiger partial charge on any atom is -0.339 e. The number of halogens is 1. The van der Waals surface area contributed by atoms with Crippen molar-refractivity contribution >= 4 is 46.9 Å². The van der Waals surface area contributed by atoms with Gasteiger partial charge in [-0.3, -0.25) is 19.7 Å². The van der Waals surface area contributed by atoms with Crippen LogP contribution in [0.2, 0.25) is 5.02 Å². The zero-order chi connectivity index (χ0) is 21.7. The van der Waals surface area contributed by atoms with E-state index in [2.05, 4.69) is 0 Å². The number of amides is 2. The predicted molar refractivity (Wildman–Crippen MR) is 117 cm³/mol. The third-order valence-electron chi connectivity index (χ3n) is 4.66. The van der Waals surface area contributed by atoms with Crippen molar-refractivity contribution in [1.29, 1.82) is 0 Å². The molecule has 0 spiro atoms. The Balaban J connectivity index is 1.70. The molecule has 30 heavy (non-hydrogen) atoms. The molecule has 1 heterocycles. The number of nitro groups is 1. The van der Waals surface area contributed by atoms with Crippen LogP contribution in [0.3, 0.4) is 0 Å². The van der Waals surface area contributed by atoms with Crippen molar-refractivity contribution in [3.8, 4) is 0 Å². The molecule has 2 aromatic carbocycles. The highest BCUT2D eigenvalue weighted by molar-refractivity contribution is 7.99. The minimum atomic E-state index is -0.437. The number of benzene rings is 2. The number of hydrogen-bond donors (Lipinski definition) is 0. The predicted octanol–water partition coefficient (Wildman–Crippen LogP) is 4.10. The molecule has 1 saturated heterocycles. The van der Waals surface area contributed by atoms with Crippen molar-refractivity contribution in [1.82, 2.24) is 9.80 Å². The Labute approximate surface area is 183 Å². The van der Waals surface area contributed by atoms with Crippen molar-refractivity contribution in [3.63, 3.8) is 0 Å². The molecule has 0 unspecified atom stereocenters. The first-order valence-corrected chi connectivity index (χ1v) is 10.5. The van der Waals surface area contributed by atoms with Gasteiger partial charge in [-0.25, -0.2) is 0 Å². The highest BCUT2D eigenvalue weighted by Gasteiger charge is 2.21. The maximum Gasteiger partial charge on any atom is 0.283 e. The zero-order valence-corrected chi connectivity index (χ0v) is 17.9. The summed E-state index contributed by atoms with van der Waals surface area (Å²) in [6.45, 7) is 3.47. The van der Waals surface area contributed by atoms with Gasteiger partial charge in [0.25, 0.3) is 5.69 Å². The highest BCUT2D eigenvalue weighted by atomic mass is 35.5. The molecule has 2 aromatic rings. The summed E-state index contributed by atoms with van der Waals surface area (Å²) in [5.74, 6) is -0.182. The van der Waals surface area contributed by atoms with E-state index < -0.39 is 4.92 Å². The fraction of sp³-hybridized carbons (Fsp3) is 0.238. The van der Waals surface area contributed by atoms with Gasteiger partial charge < -0.3 is 9.80 Å². The third-order valence-corrected chi connectivity index (χ3v) is 5.95. The smallest absolute Gasteiger partial charge is 0.283 e. The van der Waals surface area contributed by atoms with Crippen LogP contribution in [0.15, 0.2) is 58.3 Å². The number of nitrogens with zero attached hydrogens (tertiary/aromatic N) is 3. The molecule has 9 heteroatoms. The maximum atomic E-state index is 12.4. The topological polar surface area (TPSA) is 83.8 Å². The summed E-state index contributed by atoms with van der Waals surface area (Å²) in [5, 5.41) is 12.1. The summed E-state index contributed by atoms with van der Waals surface area (Å²) in [5.41, 5.74) is 0.525. The van der Waals surface area contributed by atoms with Gasteiger partial charge in [-0.1, -0.05) is 35.5 Å². The van der Waals surface area contributed by atoms with Crippen LogP contribution >= 0.6 is 23.4 Å². The van der Waals surface area contributed by atoms with Gasteiger partial charge in [-0.15, -0.1) is 0 Å². The minimum absolute atomic E-state index is 0.000634. The van der Waals surface area contributed by atoms with E-state index in [9.17, 15) is 19.7 Å². The number of rotatable bonds is 5. The fourth-order valence-corrected chi connectivity index (χ4v) is 4.25. The lowest BCUT2D eigenvalue weighted by Crippen LogP contribution is -2.49.